The second-order valence-electron chi connectivity index (χ2n) is 7.27. The van der Waals surface area contributed by atoms with Gasteiger partial charge in [-0.05, 0) is 37.7 Å². The molecule has 4 unspecified atom stereocenters. The topological polar surface area (TPSA) is 99.0 Å². The van der Waals surface area contributed by atoms with Crippen molar-refractivity contribution in [2.24, 2.45) is 11.3 Å². The van der Waals surface area contributed by atoms with E-state index in [1.165, 1.54) is 0 Å². The van der Waals surface area contributed by atoms with E-state index in [2.05, 4.69) is 5.48 Å². The third kappa shape index (κ3) is 3.92. The highest BCUT2D eigenvalue weighted by Gasteiger charge is 2.55. The molecule has 0 radical (unpaired) electrons. The molecule has 6 heteroatoms. The molecule has 4 atom stereocenters. The Hall–Kier alpha value is -1.89. The summed E-state index contributed by atoms with van der Waals surface area (Å²) < 4.78 is 0. The van der Waals surface area contributed by atoms with Crippen molar-refractivity contribution >= 4 is 5.97 Å². The van der Waals surface area contributed by atoms with Crippen LogP contribution in [0.4, 0.5) is 0 Å². The van der Waals surface area contributed by atoms with Gasteiger partial charge >= 0.3 is 5.97 Å². The smallest absolute Gasteiger partial charge is 0.303 e. The molecule has 1 saturated carbocycles. The molecule has 1 aromatic carbocycles. The number of allylic oxidation sites excluding steroid dienone is 1. The van der Waals surface area contributed by atoms with Crippen LogP contribution in [0.15, 0.2) is 42.1 Å². The molecule has 0 saturated heterocycles. The highest BCUT2D eigenvalue weighted by atomic mass is 16.6. The number of fused-ring (bicyclic) bond motifs is 1. The summed E-state index contributed by atoms with van der Waals surface area (Å²) in [5.74, 6) is -0.619. The Morgan fingerprint density at radius 3 is 2.81 bits per heavy atom. The van der Waals surface area contributed by atoms with Gasteiger partial charge in [-0.1, -0.05) is 36.4 Å². The summed E-state index contributed by atoms with van der Waals surface area (Å²) >= 11 is 0. The Bertz CT molecular complexity index is 647. The monoisotopic (exact) mass is 361 g/mol. The van der Waals surface area contributed by atoms with Crippen LogP contribution in [0.5, 0.6) is 0 Å². The van der Waals surface area contributed by atoms with Crippen molar-refractivity contribution in [1.82, 2.24) is 5.48 Å². The molecule has 1 fully saturated rings. The van der Waals surface area contributed by atoms with Gasteiger partial charge in [0.2, 0.25) is 0 Å². The lowest BCUT2D eigenvalue weighted by Crippen LogP contribution is -2.45. The van der Waals surface area contributed by atoms with E-state index in [1.54, 1.807) is 0 Å². The van der Waals surface area contributed by atoms with Crippen molar-refractivity contribution in [3.63, 3.8) is 0 Å². The lowest BCUT2D eigenvalue weighted by atomic mass is 9.63. The fourth-order valence-electron chi connectivity index (χ4n) is 4.20. The van der Waals surface area contributed by atoms with E-state index in [0.717, 1.165) is 30.5 Å². The van der Waals surface area contributed by atoms with E-state index in [-0.39, 0.29) is 17.8 Å². The van der Waals surface area contributed by atoms with Crippen molar-refractivity contribution in [3.05, 3.63) is 47.7 Å². The van der Waals surface area contributed by atoms with Crippen LogP contribution in [0.25, 0.3) is 0 Å². The van der Waals surface area contributed by atoms with Gasteiger partial charge in [-0.25, -0.2) is 0 Å². The Morgan fingerprint density at radius 1 is 1.31 bits per heavy atom. The Balaban J connectivity index is 1.52. The number of carboxylic acid groups (broad SMARTS) is 1. The Morgan fingerprint density at radius 2 is 2.08 bits per heavy atom. The number of carboxylic acids is 1. The van der Waals surface area contributed by atoms with E-state index >= 15 is 0 Å². The lowest BCUT2D eigenvalue weighted by molar-refractivity contribution is -0.137. The normalized spacial score (nSPS) is 28.0. The molecule has 0 bridgehead atoms. The fraction of sp³-hybridized carbons (Fsp3) is 0.550. The second-order valence-corrected chi connectivity index (χ2v) is 7.27. The van der Waals surface area contributed by atoms with Crippen LogP contribution in [-0.4, -0.2) is 34.0 Å². The van der Waals surface area contributed by atoms with Gasteiger partial charge in [0, 0.05) is 23.5 Å². The van der Waals surface area contributed by atoms with Gasteiger partial charge in [-0.15, -0.1) is 0 Å². The first-order chi connectivity index (χ1) is 12.5. The van der Waals surface area contributed by atoms with Gasteiger partial charge in [0.15, 0.2) is 0 Å². The van der Waals surface area contributed by atoms with Crippen LogP contribution < -0.4 is 5.48 Å². The molecule has 3 rings (SSSR count). The number of aliphatic carboxylic acids is 1. The number of hydroxylamine groups is 1. The van der Waals surface area contributed by atoms with Crippen molar-refractivity contribution in [3.8, 4) is 0 Å². The number of aliphatic hydroxyl groups excluding tert-OH is 2. The zero-order chi connectivity index (χ0) is 18.6. The predicted octanol–water partition coefficient (Wildman–Crippen LogP) is 2.54. The van der Waals surface area contributed by atoms with Gasteiger partial charge in [0.05, 0.1) is 18.8 Å². The highest BCUT2D eigenvalue weighted by Crippen LogP contribution is 2.58. The zero-order valence-corrected chi connectivity index (χ0v) is 14.8. The third-order valence-corrected chi connectivity index (χ3v) is 5.66. The van der Waals surface area contributed by atoms with E-state index in [4.69, 9.17) is 9.94 Å². The first-order valence-corrected chi connectivity index (χ1v) is 9.26. The maximum absolute atomic E-state index is 10.5. The number of nitrogens with one attached hydrogen (secondary N) is 1. The average molecular weight is 361 g/mol. The van der Waals surface area contributed by atoms with Gasteiger partial charge in [0.1, 0.15) is 0 Å². The minimum absolute atomic E-state index is 0.0875. The predicted molar refractivity (Wildman–Crippen MR) is 95.8 cm³/mol. The minimum Gasteiger partial charge on any atom is -0.481 e. The standard InChI is InChI=1S/C20H27NO5/c22-17(14-5-2-1-3-6-14)10-11-20-13-16(15(20)8-9-18(20)23)21-26-12-4-7-19(24)25/h1-3,5-6,13,15,17-18,21-23H,4,7-12H2,(H,24,25). The Labute approximate surface area is 153 Å². The number of aliphatic hydroxyl groups is 2. The molecule has 0 amide bonds. The fourth-order valence-corrected chi connectivity index (χ4v) is 4.20. The number of rotatable bonds is 10. The molecule has 4 N–H and O–H groups in total. The zero-order valence-electron chi connectivity index (χ0n) is 14.8. The van der Waals surface area contributed by atoms with Crippen LogP contribution in [0, 0.1) is 11.3 Å². The van der Waals surface area contributed by atoms with Crippen LogP contribution >= 0.6 is 0 Å². The average Bonchev–Trinajstić information content (AvgIpc) is 2.87. The second kappa shape index (κ2) is 8.20. The van der Waals surface area contributed by atoms with Crippen molar-refractivity contribution in [2.75, 3.05) is 6.61 Å². The summed E-state index contributed by atoms with van der Waals surface area (Å²) in [6.07, 6.45) is 4.60. The van der Waals surface area contributed by atoms with Crippen molar-refractivity contribution in [2.45, 2.75) is 50.7 Å². The molecular weight excluding hydrogens is 334 g/mol. The first-order valence-electron chi connectivity index (χ1n) is 9.26. The molecular formula is C20H27NO5. The number of hydrogen-bond donors (Lipinski definition) is 4. The van der Waals surface area contributed by atoms with Gasteiger partial charge in [-0.2, -0.15) is 0 Å². The lowest BCUT2D eigenvalue weighted by Gasteiger charge is -2.45. The van der Waals surface area contributed by atoms with Crippen LogP contribution in [0.1, 0.15) is 50.2 Å². The maximum atomic E-state index is 10.5. The molecule has 142 valence electrons. The molecule has 26 heavy (non-hydrogen) atoms. The summed E-state index contributed by atoms with van der Waals surface area (Å²) in [6.45, 7) is 0.332. The molecule has 0 aromatic heterocycles. The summed E-state index contributed by atoms with van der Waals surface area (Å²) in [4.78, 5) is 15.8. The number of benzene rings is 1. The van der Waals surface area contributed by atoms with Crippen molar-refractivity contribution in [1.29, 1.82) is 0 Å². The van der Waals surface area contributed by atoms with E-state index in [1.807, 2.05) is 36.4 Å². The maximum Gasteiger partial charge on any atom is 0.303 e. The summed E-state index contributed by atoms with van der Waals surface area (Å²) in [5, 5.41) is 29.5. The molecule has 6 nitrogen and oxygen atoms in total. The van der Waals surface area contributed by atoms with E-state index in [0.29, 0.717) is 19.4 Å². The van der Waals surface area contributed by atoms with Crippen molar-refractivity contribution < 1.29 is 25.0 Å². The van der Waals surface area contributed by atoms with Crippen LogP contribution in [0.3, 0.4) is 0 Å². The SMILES string of the molecule is O=C(O)CCCONC1=CC2(CCC(O)c3ccccc3)C(O)CCC12. The molecule has 1 aromatic rings. The number of carbonyl (C=O) groups is 1. The Kier molecular flexibility index (Phi) is 5.96. The third-order valence-electron chi connectivity index (χ3n) is 5.66. The van der Waals surface area contributed by atoms with Gasteiger partial charge in [-0.3, -0.25) is 15.1 Å². The molecule has 2 aliphatic rings. The van der Waals surface area contributed by atoms with Gasteiger partial charge in [0.25, 0.3) is 0 Å². The highest BCUT2D eigenvalue weighted by molar-refractivity contribution is 5.66. The largest absolute Gasteiger partial charge is 0.481 e. The summed E-state index contributed by atoms with van der Waals surface area (Å²) in [7, 11) is 0. The summed E-state index contributed by atoms with van der Waals surface area (Å²) in [5.41, 5.74) is 4.50. The van der Waals surface area contributed by atoms with Crippen LogP contribution in [0.2, 0.25) is 0 Å². The van der Waals surface area contributed by atoms with Crippen LogP contribution in [-0.2, 0) is 9.63 Å². The molecule has 0 aliphatic heterocycles. The summed E-state index contributed by atoms with van der Waals surface area (Å²) in [6, 6.07) is 9.59. The number of hydrogen-bond acceptors (Lipinski definition) is 5. The molecule has 0 spiro atoms. The minimum atomic E-state index is -0.827. The quantitative estimate of drug-likeness (QED) is 0.378. The van der Waals surface area contributed by atoms with Gasteiger partial charge < -0.3 is 15.3 Å². The van der Waals surface area contributed by atoms with E-state index in [9.17, 15) is 15.0 Å². The molecule has 0 heterocycles. The first kappa shape index (κ1) is 18.9. The molecule has 2 aliphatic carbocycles. The van der Waals surface area contributed by atoms with E-state index < -0.39 is 18.2 Å².